The maximum absolute atomic E-state index is 13.0. The predicted molar refractivity (Wildman–Crippen MR) is 109 cm³/mol. The molecule has 1 aromatic carbocycles. The molecule has 4 nitrogen and oxygen atoms in total. The minimum Gasteiger partial charge on any atom is -0.342 e. The van der Waals surface area contributed by atoms with Crippen molar-refractivity contribution in [3.8, 4) is 0 Å². The molecule has 0 unspecified atom stereocenters. The molecule has 2 aliphatic rings. The van der Waals surface area contributed by atoms with Crippen LogP contribution in [0.25, 0.3) is 0 Å². The minimum absolute atomic E-state index is 0.0376. The van der Waals surface area contributed by atoms with Crippen LogP contribution >= 0.6 is 0 Å². The number of carbonyl (C=O) groups is 2. The summed E-state index contributed by atoms with van der Waals surface area (Å²) in [7, 11) is 0. The van der Waals surface area contributed by atoms with Gasteiger partial charge in [-0.25, -0.2) is 0 Å². The first kappa shape index (κ1) is 25.5. The van der Waals surface area contributed by atoms with Crippen LogP contribution < -0.4 is 5.73 Å². The first-order valence-corrected chi connectivity index (χ1v) is 11.2. The molecule has 33 heavy (non-hydrogen) atoms. The van der Waals surface area contributed by atoms with Gasteiger partial charge in [0.25, 0.3) is 0 Å². The number of hydrogen-bond donors (Lipinski definition) is 1. The van der Waals surface area contributed by atoms with Gasteiger partial charge in [0, 0.05) is 32.0 Å². The summed E-state index contributed by atoms with van der Waals surface area (Å²) in [6.45, 7) is 0.948. The fraction of sp³-hybridized carbons (Fsp3) is 0.652. The van der Waals surface area contributed by atoms with Crippen LogP contribution in [0.2, 0.25) is 0 Å². The molecule has 1 heterocycles. The van der Waals surface area contributed by atoms with E-state index in [1.165, 1.54) is 0 Å². The first-order chi connectivity index (χ1) is 15.3. The van der Waals surface area contributed by atoms with E-state index < -0.39 is 35.7 Å². The third-order valence-corrected chi connectivity index (χ3v) is 6.63. The lowest BCUT2D eigenvalue weighted by molar-refractivity contribution is -0.143. The molecular weight excluding hydrogens is 450 g/mol. The van der Waals surface area contributed by atoms with Gasteiger partial charge in [0.15, 0.2) is 0 Å². The Balaban J connectivity index is 1.57. The van der Waals surface area contributed by atoms with Crippen LogP contribution in [0.15, 0.2) is 18.2 Å². The number of halogens is 6. The zero-order chi connectivity index (χ0) is 24.4. The fourth-order valence-electron chi connectivity index (χ4n) is 4.80. The second kappa shape index (κ2) is 10.0. The molecule has 10 heteroatoms. The van der Waals surface area contributed by atoms with Crippen molar-refractivity contribution in [1.82, 2.24) is 4.90 Å². The van der Waals surface area contributed by atoms with Gasteiger partial charge in [-0.1, -0.05) is 12.8 Å². The lowest BCUT2D eigenvalue weighted by Gasteiger charge is -2.37. The molecular formula is C23H28F6N2O2. The van der Waals surface area contributed by atoms with Gasteiger partial charge < -0.3 is 10.6 Å². The van der Waals surface area contributed by atoms with Crippen molar-refractivity contribution >= 4 is 11.7 Å². The molecule has 1 aromatic rings. The van der Waals surface area contributed by atoms with Crippen molar-refractivity contribution in [3.05, 3.63) is 34.9 Å². The van der Waals surface area contributed by atoms with E-state index in [1.54, 1.807) is 4.90 Å². The van der Waals surface area contributed by atoms with E-state index in [4.69, 9.17) is 5.73 Å². The maximum Gasteiger partial charge on any atom is 0.416 e. The Morgan fingerprint density at radius 1 is 0.879 bits per heavy atom. The van der Waals surface area contributed by atoms with Crippen molar-refractivity contribution in [2.45, 2.75) is 69.8 Å². The Morgan fingerprint density at radius 2 is 1.42 bits per heavy atom. The summed E-state index contributed by atoms with van der Waals surface area (Å²) in [6.07, 6.45) is -5.61. The van der Waals surface area contributed by atoms with Crippen molar-refractivity contribution < 1.29 is 35.9 Å². The number of benzene rings is 1. The molecule has 184 valence electrons. The summed E-state index contributed by atoms with van der Waals surface area (Å²) >= 11 is 0. The molecule has 1 aliphatic carbocycles. The highest BCUT2D eigenvalue weighted by molar-refractivity contribution is 5.81. The van der Waals surface area contributed by atoms with Gasteiger partial charge in [0.1, 0.15) is 5.78 Å². The normalized spacial score (nSPS) is 22.9. The molecule has 3 rings (SSSR count). The second-order valence-corrected chi connectivity index (χ2v) is 9.16. The lowest BCUT2D eigenvalue weighted by Crippen LogP contribution is -2.48. The molecule has 0 radical (unpaired) electrons. The SMILES string of the molecule is N[C@@H]1CCCC[C@H]1C(=O)N1CCC(CC(=O)Cc2cc(C(F)(F)F)cc(C(F)(F)F)c2)CC1. The van der Waals surface area contributed by atoms with Gasteiger partial charge in [-0.05, 0) is 55.4 Å². The second-order valence-electron chi connectivity index (χ2n) is 9.16. The zero-order valence-electron chi connectivity index (χ0n) is 18.1. The zero-order valence-corrected chi connectivity index (χ0v) is 18.1. The van der Waals surface area contributed by atoms with Crippen LogP contribution in [0.5, 0.6) is 0 Å². The predicted octanol–water partition coefficient (Wildman–Crippen LogP) is 4.98. The molecule has 1 amide bonds. The topological polar surface area (TPSA) is 63.4 Å². The van der Waals surface area contributed by atoms with E-state index >= 15 is 0 Å². The van der Waals surface area contributed by atoms with Gasteiger partial charge in [-0.15, -0.1) is 0 Å². The number of nitrogens with two attached hydrogens (primary N) is 1. The van der Waals surface area contributed by atoms with Crippen molar-refractivity contribution in [3.63, 3.8) is 0 Å². The summed E-state index contributed by atoms with van der Waals surface area (Å²) < 4.78 is 78.1. The molecule has 1 saturated carbocycles. The van der Waals surface area contributed by atoms with Crippen molar-refractivity contribution in [2.75, 3.05) is 13.1 Å². The van der Waals surface area contributed by atoms with Crippen LogP contribution in [0.4, 0.5) is 26.3 Å². The van der Waals surface area contributed by atoms with Crippen LogP contribution in [0.3, 0.4) is 0 Å². The number of carbonyl (C=O) groups excluding carboxylic acids is 2. The highest BCUT2D eigenvalue weighted by atomic mass is 19.4. The van der Waals surface area contributed by atoms with E-state index in [2.05, 4.69) is 0 Å². The average Bonchev–Trinajstić information content (AvgIpc) is 2.72. The first-order valence-electron chi connectivity index (χ1n) is 11.2. The average molecular weight is 478 g/mol. The van der Waals surface area contributed by atoms with E-state index in [-0.39, 0.29) is 41.8 Å². The monoisotopic (exact) mass is 478 g/mol. The summed E-state index contributed by atoms with van der Waals surface area (Å²) in [4.78, 5) is 27.0. The number of piperidine rings is 1. The van der Waals surface area contributed by atoms with Crippen molar-refractivity contribution in [1.29, 1.82) is 0 Å². The minimum atomic E-state index is -4.95. The van der Waals surface area contributed by atoms with Gasteiger partial charge in [0.05, 0.1) is 17.0 Å². The molecule has 1 aliphatic heterocycles. The van der Waals surface area contributed by atoms with E-state index in [9.17, 15) is 35.9 Å². The standard InChI is InChI=1S/C23H28F6N2O2/c24-22(25,26)16-9-15(10-17(13-16)23(27,28)29)12-18(32)11-14-5-7-31(8-6-14)21(33)19-3-1-2-4-20(19)30/h9-10,13-14,19-20H,1-8,11-12,30H2/t19-,20-/m1/s1. The Hall–Kier alpha value is -2.10. The van der Waals surface area contributed by atoms with E-state index in [0.717, 1.165) is 25.7 Å². The van der Waals surface area contributed by atoms with Gasteiger partial charge >= 0.3 is 12.4 Å². The van der Waals surface area contributed by atoms with Crippen LogP contribution in [0.1, 0.15) is 61.6 Å². The summed E-state index contributed by atoms with van der Waals surface area (Å²) in [5.74, 6) is -0.618. The number of nitrogens with zero attached hydrogens (tertiary/aromatic N) is 1. The third kappa shape index (κ3) is 6.71. The number of ketones is 1. The van der Waals surface area contributed by atoms with E-state index in [1.807, 2.05) is 0 Å². The number of likely N-dealkylation sites (tertiary alicyclic amines) is 1. The Bertz CT molecular complexity index is 827. The number of alkyl halides is 6. The fourth-order valence-corrected chi connectivity index (χ4v) is 4.80. The Morgan fingerprint density at radius 3 is 1.94 bits per heavy atom. The van der Waals surface area contributed by atoms with Gasteiger partial charge in [0.2, 0.25) is 5.91 Å². The number of hydrogen-bond acceptors (Lipinski definition) is 3. The molecule has 0 spiro atoms. The molecule has 0 aromatic heterocycles. The van der Waals surface area contributed by atoms with Gasteiger partial charge in [-0.2, -0.15) is 26.3 Å². The molecule has 0 bridgehead atoms. The van der Waals surface area contributed by atoms with Gasteiger partial charge in [-0.3, -0.25) is 9.59 Å². The van der Waals surface area contributed by atoms with E-state index in [0.29, 0.717) is 38.1 Å². The Labute approximate surface area is 188 Å². The molecule has 2 N–H and O–H groups in total. The highest BCUT2D eigenvalue weighted by Gasteiger charge is 2.37. The summed E-state index contributed by atoms with van der Waals surface area (Å²) in [5.41, 5.74) is 2.94. The van der Waals surface area contributed by atoms with Crippen LogP contribution in [-0.4, -0.2) is 35.7 Å². The maximum atomic E-state index is 13.0. The smallest absolute Gasteiger partial charge is 0.342 e. The highest BCUT2D eigenvalue weighted by Crippen LogP contribution is 2.36. The van der Waals surface area contributed by atoms with Crippen LogP contribution in [0, 0.1) is 11.8 Å². The number of amides is 1. The Kier molecular flexibility index (Phi) is 7.76. The summed E-state index contributed by atoms with van der Waals surface area (Å²) in [5, 5.41) is 0. The molecule has 1 saturated heterocycles. The number of rotatable bonds is 5. The molecule has 2 atom stereocenters. The quantitative estimate of drug-likeness (QED) is 0.607. The number of Topliss-reactive ketones (excluding diaryl/α,β-unsaturated/α-hetero) is 1. The molecule has 2 fully saturated rings. The van der Waals surface area contributed by atoms with Crippen LogP contribution in [-0.2, 0) is 28.4 Å². The lowest BCUT2D eigenvalue weighted by atomic mass is 9.83. The third-order valence-electron chi connectivity index (χ3n) is 6.63. The van der Waals surface area contributed by atoms with Crippen molar-refractivity contribution in [2.24, 2.45) is 17.6 Å². The largest absolute Gasteiger partial charge is 0.416 e. The summed E-state index contributed by atoms with van der Waals surface area (Å²) in [6, 6.07) is 1.11.